The van der Waals surface area contributed by atoms with Gasteiger partial charge in [-0.1, -0.05) is 52.9 Å². The molecule has 0 aliphatic rings. The molecule has 0 unspecified atom stereocenters. The molecule has 0 bridgehead atoms. The van der Waals surface area contributed by atoms with Gasteiger partial charge in [0.15, 0.2) is 5.84 Å². The van der Waals surface area contributed by atoms with Gasteiger partial charge in [-0.3, -0.25) is 20.8 Å². The molecule has 9 heteroatoms. The quantitative estimate of drug-likeness (QED) is 0.380. The van der Waals surface area contributed by atoms with Gasteiger partial charge < -0.3 is 0 Å². The van der Waals surface area contributed by atoms with Crippen LogP contribution >= 0.6 is 11.3 Å². The second kappa shape index (κ2) is 7.58. The maximum Gasteiger partial charge on any atom is 0.253 e. The molecule has 0 amide bonds. The Balaban J connectivity index is 2.73. The number of nitrogens with one attached hydrogen (secondary N) is 2. The Morgan fingerprint density at radius 2 is 1.61 bits per heavy atom. The fraction of sp³-hybridized carbons (Fsp3) is 0.714. The first-order valence-electron chi connectivity index (χ1n) is 7.29. The first kappa shape index (κ1) is 19.1. The molecule has 0 spiro atoms. The second-order valence-electron chi connectivity index (χ2n) is 6.96. The van der Waals surface area contributed by atoms with Crippen molar-refractivity contribution in [1.29, 1.82) is 0 Å². The van der Waals surface area contributed by atoms with Gasteiger partial charge in [0.1, 0.15) is 5.84 Å². The summed E-state index contributed by atoms with van der Waals surface area (Å²) >= 11 is 1.29. The predicted molar refractivity (Wildman–Crippen MR) is 96.8 cm³/mol. The maximum absolute atomic E-state index is 4.22. The molecule has 0 aliphatic heterocycles. The highest BCUT2D eigenvalue weighted by atomic mass is 32.1. The van der Waals surface area contributed by atoms with E-state index >= 15 is 0 Å². The highest BCUT2D eigenvalue weighted by molar-refractivity contribution is 7.18. The van der Waals surface area contributed by atoms with Crippen molar-refractivity contribution in [2.75, 3.05) is 19.5 Å². The van der Waals surface area contributed by atoms with Gasteiger partial charge in [-0.15, -0.1) is 20.4 Å². The molecule has 128 valence electrons. The van der Waals surface area contributed by atoms with Gasteiger partial charge in [-0.25, -0.2) is 0 Å². The molecule has 1 aromatic heterocycles. The number of nitrogens with zero attached hydrogens (tertiary/aromatic N) is 6. The van der Waals surface area contributed by atoms with Gasteiger partial charge in [0.2, 0.25) is 5.13 Å². The lowest BCUT2D eigenvalue weighted by atomic mass is 9.95. The highest BCUT2D eigenvalue weighted by Crippen LogP contribution is 2.24. The van der Waals surface area contributed by atoms with Crippen molar-refractivity contribution < 1.29 is 0 Å². The Morgan fingerprint density at radius 1 is 0.957 bits per heavy atom. The first-order valence-corrected chi connectivity index (χ1v) is 8.11. The number of aromatic nitrogens is 2. The van der Waals surface area contributed by atoms with Crippen LogP contribution in [0, 0.1) is 10.8 Å². The molecule has 0 atom stereocenters. The van der Waals surface area contributed by atoms with E-state index in [1.54, 1.807) is 14.1 Å². The molecule has 0 fully saturated rings. The Kier molecular flexibility index (Phi) is 6.31. The van der Waals surface area contributed by atoms with Crippen molar-refractivity contribution in [3.63, 3.8) is 0 Å². The summed E-state index contributed by atoms with van der Waals surface area (Å²) in [6.07, 6.45) is 0. The van der Waals surface area contributed by atoms with Crippen molar-refractivity contribution in [1.82, 2.24) is 15.6 Å². The van der Waals surface area contributed by atoms with E-state index in [1.807, 2.05) is 20.8 Å². The molecule has 0 aromatic carbocycles. The molecule has 1 heterocycles. The third-order valence-corrected chi connectivity index (χ3v) is 3.47. The number of aliphatic imine (C=N–C) groups is 2. The van der Waals surface area contributed by atoms with Crippen molar-refractivity contribution in [3.05, 3.63) is 0 Å². The Bertz CT molecular complexity index is 601. The molecule has 23 heavy (non-hydrogen) atoms. The van der Waals surface area contributed by atoms with Gasteiger partial charge >= 0.3 is 0 Å². The number of amidine groups is 2. The van der Waals surface area contributed by atoms with E-state index in [9.17, 15) is 0 Å². The minimum atomic E-state index is -0.162. The Morgan fingerprint density at radius 3 is 2.09 bits per heavy atom. The van der Waals surface area contributed by atoms with Crippen LogP contribution in [-0.2, 0) is 0 Å². The average molecular weight is 338 g/mol. The molecule has 8 nitrogen and oxygen atoms in total. The molecule has 1 aromatic rings. The summed E-state index contributed by atoms with van der Waals surface area (Å²) in [7, 11) is 3.45. The summed E-state index contributed by atoms with van der Waals surface area (Å²) in [4.78, 5) is 8.37. The Labute approximate surface area is 141 Å². The van der Waals surface area contributed by atoms with Crippen LogP contribution in [0.25, 0.3) is 0 Å². The zero-order valence-electron chi connectivity index (χ0n) is 15.1. The first-order chi connectivity index (χ1) is 10.6. The van der Waals surface area contributed by atoms with E-state index in [0.29, 0.717) is 16.1 Å². The molecular formula is C14H26N8S. The fourth-order valence-electron chi connectivity index (χ4n) is 1.62. The summed E-state index contributed by atoms with van der Waals surface area (Å²) in [6.45, 7) is 12.3. The van der Waals surface area contributed by atoms with Crippen LogP contribution in [0.15, 0.2) is 20.2 Å². The number of hydrogen-bond donors (Lipinski definition) is 2. The van der Waals surface area contributed by atoms with Crippen LogP contribution in [0.4, 0.5) is 10.3 Å². The number of azo groups is 1. The lowest BCUT2D eigenvalue weighted by Gasteiger charge is -2.22. The summed E-state index contributed by atoms with van der Waals surface area (Å²) < 4.78 is 0. The van der Waals surface area contributed by atoms with E-state index < -0.39 is 0 Å². The minimum Gasteiger partial charge on any atom is -0.286 e. The van der Waals surface area contributed by atoms with Gasteiger partial charge in [-0.2, -0.15) is 0 Å². The van der Waals surface area contributed by atoms with Crippen LogP contribution in [0.3, 0.4) is 0 Å². The molecular weight excluding hydrogens is 312 g/mol. The lowest BCUT2D eigenvalue weighted by Crippen LogP contribution is -2.38. The minimum absolute atomic E-state index is 0.0891. The largest absolute Gasteiger partial charge is 0.286 e. The zero-order chi connectivity index (χ0) is 17.7. The number of hydrazine groups is 1. The smallest absolute Gasteiger partial charge is 0.253 e. The maximum atomic E-state index is 4.22. The van der Waals surface area contributed by atoms with Gasteiger partial charge in [0.25, 0.3) is 5.13 Å². The molecule has 0 saturated heterocycles. The fourth-order valence-corrected chi connectivity index (χ4v) is 2.14. The summed E-state index contributed by atoms with van der Waals surface area (Å²) in [5.74, 6) is 1.48. The Hall–Kier alpha value is -1.90. The van der Waals surface area contributed by atoms with Crippen LogP contribution in [-0.4, -0.2) is 36.0 Å². The van der Waals surface area contributed by atoms with Crippen LogP contribution in [0.1, 0.15) is 41.5 Å². The van der Waals surface area contributed by atoms with Crippen LogP contribution in [0.2, 0.25) is 0 Å². The third-order valence-electron chi connectivity index (χ3n) is 2.75. The van der Waals surface area contributed by atoms with Crippen LogP contribution in [0.5, 0.6) is 0 Å². The normalized spacial score (nSPS) is 14.4. The van der Waals surface area contributed by atoms with Crippen molar-refractivity contribution >= 4 is 33.3 Å². The van der Waals surface area contributed by atoms with E-state index in [2.05, 4.69) is 62.0 Å². The number of anilines is 1. The van der Waals surface area contributed by atoms with Crippen molar-refractivity contribution in [2.45, 2.75) is 41.5 Å². The lowest BCUT2D eigenvalue weighted by molar-refractivity contribution is 0.570. The van der Waals surface area contributed by atoms with E-state index in [1.165, 1.54) is 11.3 Å². The van der Waals surface area contributed by atoms with E-state index in [4.69, 9.17) is 0 Å². The van der Waals surface area contributed by atoms with Crippen molar-refractivity contribution in [3.8, 4) is 0 Å². The molecule has 0 radical (unpaired) electrons. The van der Waals surface area contributed by atoms with Gasteiger partial charge in [0.05, 0.1) is 0 Å². The van der Waals surface area contributed by atoms with E-state index in [0.717, 1.165) is 5.84 Å². The van der Waals surface area contributed by atoms with Crippen LogP contribution < -0.4 is 10.9 Å². The summed E-state index contributed by atoms with van der Waals surface area (Å²) in [5.41, 5.74) is 5.79. The van der Waals surface area contributed by atoms with E-state index in [-0.39, 0.29) is 10.8 Å². The highest BCUT2D eigenvalue weighted by Gasteiger charge is 2.19. The topological polar surface area (TPSA) is 99.3 Å². The molecule has 0 saturated carbocycles. The van der Waals surface area contributed by atoms with Gasteiger partial charge in [0, 0.05) is 24.9 Å². The molecule has 0 aliphatic carbocycles. The zero-order valence-corrected chi connectivity index (χ0v) is 15.9. The predicted octanol–water partition coefficient (Wildman–Crippen LogP) is 3.69. The second-order valence-corrected chi connectivity index (χ2v) is 7.92. The standard InChI is InChI=1S/C14H26N8S/c1-13(2,3)9(15-7)17-19-11-21-22-12(23-11)20-18-10(16-8)14(4,5)6/h1-8H3,(H,15,17)(H,19,21). The number of hydrogen-bond acceptors (Lipinski definition) is 7. The van der Waals surface area contributed by atoms with Crippen molar-refractivity contribution in [2.24, 2.45) is 31.0 Å². The molecule has 1 rings (SSSR count). The SMILES string of the molecule is CN=C(N=Nc1nnc(NNC(=NC)C(C)(C)C)s1)C(C)(C)C. The third kappa shape index (κ3) is 6.01. The monoisotopic (exact) mass is 338 g/mol. The summed E-state index contributed by atoms with van der Waals surface area (Å²) in [6, 6.07) is 0. The number of rotatable bonds is 3. The summed E-state index contributed by atoms with van der Waals surface area (Å²) in [5, 5.41) is 17.3. The van der Waals surface area contributed by atoms with Gasteiger partial charge in [-0.05, 0) is 0 Å². The average Bonchev–Trinajstić information content (AvgIpc) is 2.85. The molecule has 2 N–H and O–H groups in total.